The number of aryl methyl sites for hydroxylation is 2. The Kier molecular flexibility index (Phi) is 4.65. The fraction of sp³-hybridized carbons (Fsp3) is 0.562. The molecule has 2 N–H and O–H groups in total. The molecule has 0 aliphatic heterocycles. The highest BCUT2D eigenvalue weighted by atomic mass is 16.5. The Balaban J connectivity index is 1.90. The van der Waals surface area contributed by atoms with Gasteiger partial charge in [-0.05, 0) is 43.9 Å². The smallest absolute Gasteiger partial charge is 0.258 e. The molecule has 4 nitrogen and oxygen atoms in total. The van der Waals surface area contributed by atoms with Crippen LogP contribution in [-0.4, -0.2) is 29.8 Å². The summed E-state index contributed by atoms with van der Waals surface area (Å²) in [6.07, 6.45) is 3.80. The van der Waals surface area contributed by atoms with E-state index in [4.69, 9.17) is 4.74 Å². The van der Waals surface area contributed by atoms with Crippen molar-refractivity contribution in [3.05, 3.63) is 29.3 Å². The molecular weight excluding hydrogens is 254 g/mol. The van der Waals surface area contributed by atoms with Crippen LogP contribution in [0.4, 0.5) is 0 Å². The molecule has 2 rings (SSSR count). The summed E-state index contributed by atoms with van der Waals surface area (Å²) in [5, 5.41) is 12.4. The monoisotopic (exact) mass is 277 g/mol. The maximum Gasteiger partial charge on any atom is 0.258 e. The number of hydrogen-bond donors (Lipinski definition) is 2. The van der Waals surface area contributed by atoms with Gasteiger partial charge in [-0.3, -0.25) is 4.79 Å². The number of aliphatic hydroxyl groups is 1. The Morgan fingerprint density at radius 1 is 1.35 bits per heavy atom. The van der Waals surface area contributed by atoms with E-state index in [-0.39, 0.29) is 19.1 Å². The number of nitrogens with one attached hydrogen (secondary N) is 1. The SMILES string of the molecule is Cc1ccc(C)c(OCC(=O)NC2(CO)CCCC2)c1. The van der Waals surface area contributed by atoms with Gasteiger partial charge >= 0.3 is 0 Å². The summed E-state index contributed by atoms with van der Waals surface area (Å²) in [5.74, 6) is 0.575. The normalized spacial score (nSPS) is 16.9. The Bertz CT molecular complexity index is 479. The van der Waals surface area contributed by atoms with Gasteiger partial charge in [0, 0.05) is 0 Å². The minimum atomic E-state index is -0.428. The summed E-state index contributed by atoms with van der Waals surface area (Å²) in [5.41, 5.74) is 1.69. The standard InChI is InChI=1S/C16H23NO3/c1-12-5-6-13(2)14(9-12)20-10-15(19)17-16(11-18)7-3-4-8-16/h5-6,9,18H,3-4,7-8,10-11H2,1-2H3,(H,17,19). The number of aliphatic hydroxyl groups excluding tert-OH is 1. The summed E-state index contributed by atoms with van der Waals surface area (Å²) < 4.78 is 5.59. The van der Waals surface area contributed by atoms with Crippen LogP contribution in [0.3, 0.4) is 0 Å². The summed E-state index contributed by atoms with van der Waals surface area (Å²) in [7, 11) is 0. The fourth-order valence-electron chi connectivity index (χ4n) is 2.71. The summed E-state index contributed by atoms with van der Waals surface area (Å²) in [6.45, 7) is 3.94. The van der Waals surface area contributed by atoms with Crippen LogP contribution in [0.1, 0.15) is 36.8 Å². The van der Waals surface area contributed by atoms with E-state index < -0.39 is 5.54 Å². The molecule has 1 amide bonds. The molecule has 0 heterocycles. The lowest BCUT2D eigenvalue weighted by atomic mass is 9.99. The van der Waals surface area contributed by atoms with E-state index >= 15 is 0 Å². The molecule has 1 aromatic carbocycles. The molecule has 0 unspecified atom stereocenters. The molecule has 20 heavy (non-hydrogen) atoms. The van der Waals surface area contributed by atoms with Crippen molar-refractivity contribution < 1.29 is 14.6 Å². The fourth-order valence-corrected chi connectivity index (χ4v) is 2.71. The van der Waals surface area contributed by atoms with E-state index in [1.54, 1.807) is 0 Å². The van der Waals surface area contributed by atoms with Crippen LogP contribution in [0, 0.1) is 13.8 Å². The Morgan fingerprint density at radius 3 is 2.70 bits per heavy atom. The molecular formula is C16H23NO3. The zero-order valence-corrected chi connectivity index (χ0v) is 12.2. The molecule has 4 heteroatoms. The Labute approximate surface area is 120 Å². The van der Waals surface area contributed by atoms with Crippen LogP contribution >= 0.6 is 0 Å². The Hall–Kier alpha value is -1.55. The van der Waals surface area contributed by atoms with Crippen molar-refractivity contribution in [2.24, 2.45) is 0 Å². The predicted molar refractivity (Wildman–Crippen MR) is 77.8 cm³/mol. The average Bonchev–Trinajstić information content (AvgIpc) is 2.89. The topological polar surface area (TPSA) is 58.6 Å². The lowest BCUT2D eigenvalue weighted by Gasteiger charge is -2.27. The zero-order chi connectivity index (χ0) is 14.6. The maximum atomic E-state index is 12.0. The van der Waals surface area contributed by atoms with Crippen molar-refractivity contribution >= 4 is 5.91 Å². The van der Waals surface area contributed by atoms with Gasteiger partial charge in [0.2, 0.25) is 0 Å². The van der Waals surface area contributed by atoms with E-state index in [1.807, 2.05) is 32.0 Å². The molecule has 0 radical (unpaired) electrons. The van der Waals surface area contributed by atoms with Gasteiger partial charge in [0.1, 0.15) is 5.75 Å². The van der Waals surface area contributed by atoms with E-state index in [0.29, 0.717) is 0 Å². The predicted octanol–water partition coefficient (Wildman–Crippen LogP) is 2.10. The first-order valence-corrected chi connectivity index (χ1v) is 7.17. The first kappa shape index (κ1) is 14.9. The molecule has 110 valence electrons. The molecule has 1 aliphatic carbocycles. The molecule has 1 fully saturated rings. The van der Waals surface area contributed by atoms with Crippen molar-refractivity contribution in [2.75, 3.05) is 13.2 Å². The molecule has 1 aromatic rings. The van der Waals surface area contributed by atoms with Crippen molar-refractivity contribution in [3.63, 3.8) is 0 Å². The molecule has 1 saturated carbocycles. The van der Waals surface area contributed by atoms with E-state index in [9.17, 15) is 9.90 Å². The summed E-state index contributed by atoms with van der Waals surface area (Å²) in [4.78, 5) is 12.0. The van der Waals surface area contributed by atoms with Gasteiger partial charge in [-0.2, -0.15) is 0 Å². The van der Waals surface area contributed by atoms with Crippen LogP contribution < -0.4 is 10.1 Å². The third-order valence-corrected chi connectivity index (χ3v) is 3.97. The molecule has 0 aromatic heterocycles. The lowest BCUT2D eigenvalue weighted by molar-refractivity contribution is -0.125. The highest BCUT2D eigenvalue weighted by molar-refractivity contribution is 5.78. The van der Waals surface area contributed by atoms with Crippen molar-refractivity contribution in [2.45, 2.75) is 45.1 Å². The van der Waals surface area contributed by atoms with Crippen LogP contribution in [0.5, 0.6) is 5.75 Å². The van der Waals surface area contributed by atoms with E-state index in [0.717, 1.165) is 42.6 Å². The van der Waals surface area contributed by atoms with Gasteiger partial charge in [-0.25, -0.2) is 0 Å². The molecule has 1 aliphatic rings. The first-order chi connectivity index (χ1) is 9.54. The first-order valence-electron chi connectivity index (χ1n) is 7.17. The third-order valence-electron chi connectivity index (χ3n) is 3.97. The molecule has 0 spiro atoms. The number of ether oxygens (including phenoxy) is 1. The molecule has 0 atom stereocenters. The largest absolute Gasteiger partial charge is 0.483 e. The van der Waals surface area contributed by atoms with Crippen LogP contribution in [0.25, 0.3) is 0 Å². The van der Waals surface area contributed by atoms with Gasteiger partial charge < -0.3 is 15.2 Å². The van der Waals surface area contributed by atoms with Gasteiger partial charge in [-0.15, -0.1) is 0 Å². The summed E-state index contributed by atoms with van der Waals surface area (Å²) in [6, 6.07) is 5.93. The minimum absolute atomic E-state index is 0.00220. The van der Waals surface area contributed by atoms with Crippen LogP contribution in [0.15, 0.2) is 18.2 Å². The second kappa shape index (κ2) is 6.27. The van der Waals surface area contributed by atoms with Gasteiger partial charge in [-0.1, -0.05) is 25.0 Å². The zero-order valence-electron chi connectivity index (χ0n) is 12.2. The Morgan fingerprint density at radius 2 is 2.05 bits per heavy atom. The van der Waals surface area contributed by atoms with E-state index in [1.165, 1.54) is 0 Å². The minimum Gasteiger partial charge on any atom is -0.483 e. The number of carbonyl (C=O) groups excluding carboxylic acids is 1. The second-order valence-electron chi connectivity index (χ2n) is 5.75. The number of hydrogen-bond acceptors (Lipinski definition) is 3. The quantitative estimate of drug-likeness (QED) is 0.866. The van der Waals surface area contributed by atoms with Crippen molar-refractivity contribution in [1.82, 2.24) is 5.32 Å². The van der Waals surface area contributed by atoms with Gasteiger partial charge in [0.15, 0.2) is 6.61 Å². The number of carbonyl (C=O) groups is 1. The maximum absolute atomic E-state index is 12.0. The van der Waals surface area contributed by atoms with E-state index in [2.05, 4.69) is 5.32 Å². The molecule has 0 saturated heterocycles. The third kappa shape index (κ3) is 3.51. The number of rotatable bonds is 5. The second-order valence-corrected chi connectivity index (χ2v) is 5.75. The lowest BCUT2D eigenvalue weighted by Crippen LogP contribution is -2.50. The average molecular weight is 277 g/mol. The van der Waals surface area contributed by atoms with Crippen LogP contribution in [0.2, 0.25) is 0 Å². The number of amides is 1. The van der Waals surface area contributed by atoms with Gasteiger partial charge in [0.05, 0.1) is 12.1 Å². The van der Waals surface area contributed by atoms with Crippen molar-refractivity contribution in [1.29, 1.82) is 0 Å². The van der Waals surface area contributed by atoms with Gasteiger partial charge in [0.25, 0.3) is 5.91 Å². The number of benzene rings is 1. The highest BCUT2D eigenvalue weighted by Crippen LogP contribution is 2.29. The molecule has 0 bridgehead atoms. The van der Waals surface area contributed by atoms with Crippen molar-refractivity contribution in [3.8, 4) is 5.75 Å². The highest BCUT2D eigenvalue weighted by Gasteiger charge is 2.34. The van der Waals surface area contributed by atoms with Crippen LogP contribution in [-0.2, 0) is 4.79 Å². The summed E-state index contributed by atoms with van der Waals surface area (Å²) >= 11 is 0.